The van der Waals surface area contributed by atoms with Gasteiger partial charge >= 0.3 is 0 Å². The number of nitrogens with zero attached hydrogens (tertiary/aromatic N) is 1. The fourth-order valence-electron chi connectivity index (χ4n) is 3.75. The van der Waals surface area contributed by atoms with Crippen LogP contribution in [-0.4, -0.2) is 52.1 Å². The number of ether oxygens (including phenoxy) is 2. The minimum absolute atomic E-state index is 0.0652. The van der Waals surface area contributed by atoms with Crippen molar-refractivity contribution >= 4 is 27.3 Å². The van der Waals surface area contributed by atoms with E-state index >= 15 is 0 Å². The SMILES string of the molecule is CCOc1ccc(NS(=O)(=O)c2ccc(C(=O)Nc3cccc(CN4CCOCC4)c3)cc2)cc1. The minimum Gasteiger partial charge on any atom is -0.494 e. The number of amides is 1. The normalized spacial score (nSPS) is 14.3. The summed E-state index contributed by atoms with van der Waals surface area (Å²) in [6.45, 7) is 6.45. The van der Waals surface area contributed by atoms with E-state index in [0.717, 1.165) is 38.4 Å². The Morgan fingerprint density at radius 1 is 0.971 bits per heavy atom. The lowest BCUT2D eigenvalue weighted by molar-refractivity contribution is 0.0342. The van der Waals surface area contributed by atoms with Crippen LogP contribution in [0.4, 0.5) is 11.4 Å². The second kappa shape index (κ2) is 11.4. The monoisotopic (exact) mass is 495 g/mol. The van der Waals surface area contributed by atoms with Crippen LogP contribution in [0.3, 0.4) is 0 Å². The molecule has 35 heavy (non-hydrogen) atoms. The molecule has 9 heteroatoms. The first-order chi connectivity index (χ1) is 16.9. The average Bonchev–Trinajstić information content (AvgIpc) is 2.86. The zero-order chi connectivity index (χ0) is 24.7. The first kappa shape index (κ1) is 24.7. The molecule has 0 atom stereocenters. The fourth-order valence-corrected chi connectivity index (χ4v) is 4.81. The van der Waals surface area contributed by atoms with Crippen molar-refractivity contribution in [3.8, 4) is 5.75 Å². The van der Waals surface area contributed by atoms with E-state index < -0.39 is 10.0 Å². The van der Waals surface area contributed by atoms with Gasteiger partial charge in [-0.05, 0) is 73.2 Å². The Labute approximate surface area is 205 Å². The van der Waals surface area contributed by atoms with Crippen molar-refractivity contribution in [3.05, 3.63) is 83.9 Å². The molecule has 2 N–H and O–H groups in total. The van der Waals surface area contributed by atoms with Gasteiger partial charge in [-0.3, -0.25) is 14.4 Å². The van der Waals surface area contributed by atoms with Gasteiger partial charge in [-0.2, -0.15) is 0 Å². The summed E-state index contributed by atoms with van der Waals surface area (Å²) in [7, 11) is -3.80. The van der Waals surface area contributed by atoms with Crippen LogP contribution < -0.4 is 14.8 Å². The summed E-state index contributed by atoms with van der Waals surface area (Å²) in [6.07, 6.45) is 0. The average molecular weight is 496 g/mol. The van der Waals surface area contributed by atoms with Crippen molar-refractivity contribution in [3.63, 3.8) is 0 Å². The van der Waals surface area contributed by atoms with Gasteiger partial charge in [0.2, 0.25) is 0 Å². The second-order valence-corrected chi connectivity index (χ2v) is 9.81. The number of benzene rings is 3. The first-order valence-corrected chi connectivity index (χ1v) is 13.0. The molecule has 1 aliphatic rings. The topological polar surface area (TPSA) is 97.0 Å². The molecule has 0 radical (unpaired) electrons. The van der Waals surface area contributed by atoms with Crippen molar-refractivity contribution in [1.82, 2.24) is 4.90 Å². The molecule has 1 heterocycles. The van der Waals surface area contributed by atoms with Gasteiger partial charge in [0.05, 0.1) is 24.7 Å². The smallest absolute Gasteiger partial charge is 0.261 e. The van der Waals surface area contributed by atoms with Gasteiger partial charge in [0.25, 0.3) is 15.9 Å². The maximum atomic E-state index is 12.7. The molecule has 0 aromatic heterocycles. The van der Waals surface area contributed by atoms with E-state index in [-0.39, 0.29) is 10.8 Å². The number of sulfonamides is 1. The molecule has 0 aliphatic carbocycles. The van der Waals surface area contributed by atoms with Crippen LogP contribution in [0.1, 0.15) is 22.8 Å². The molecule has 0 bridgehead atoms. The molecular weight excluding hydrogens is 466 g/mol. The Morgan fingerprint density at radius 3 is 2.37 bits per heavy atom. The van der Waals surface area contributed by atoms with E-state index in [9.17, 15) is 13.2 Å². The molecule has 1 fully saturated rings. The van der Waals surface area contributed by atoms with Crippen LogP contribution in [0, 0.1) is 0 Å². The van der Waals surface area contributed by atoms with Crippen molar-refractivity contribution in [1.29, 1.82) is 0 Å². The third-order valence-corrected chi connectivity index (χ3v) is 6.94. The molecular formula is C26H29N3O5S. The van der Waals surface area contributed by atoms with Crippen LogP contribution in [0.25, 0.3) is 0 Å². The molecule has 1 saturated heterocycles. The zero-order valence-corrected chi connectivity index (χ0v) is 20.4. The molecule has 184 valence electrons. The van der Waals surface area contributed by atoms with E-state index in [4.69, 9.17) is 9.47 Å². The Balaban J connectivity index is 1.38. The summed E-state index contributed by atoms with van der Waals surface area (Å²) in [5, 5.41) is 2.89. The van der Waals surface area contributed by atoms with Gasteiger partial charge in [-0.15, -0.1) is 0 Å². The second-order valence-electron chi connectivity index (χ2n) is 8.13. The van der Waals surface area contributed by atoms with Gasteiger partial charge in [0.15, 0.2) is 0 Å². The van der Waals surface area contributed by atoms with E-state index in [2.05, 4.69) is 14.9 Å². The van der Waals surface area contributed by atoms with Crippen molar-refractivity contribution in [2.24, 2.45) is 0 Å². The Kier molecular flexibility index (Phi) is 8.02. The van der Waals surface area contributed by atoms with Crippen LogP contribution >= 0.6 is 0 Å². The number of carbonyl (C=O) groups excluding carboxylic acids is 1. The fraction of sp³-hybridized carbons (Fsp3) is 0.269. The summed E-state index contributed by atoms with van der Waals surface area (Å²) >= 11 is 0. The highest BCUT2D eigenvalue weighted by Crippen LogP contribution is 2.21. The van der Waals surface area contributed by atoms with Crippen LogP contribution in [0.15, 0.2) is 77.7 Å². The van der Waals surface area contributed by atoms with Crippen molar-refractivity contribution in [2.75, 3.05) is 42.9 Å². The Morgan fingerprint density at radius 2 is 1.69 bits per heavy atom. The van der Waals surface area contributed by atoms with Crippen LogP contribution in [-0.2, 0) is 21.3 Å². The lowest BCUT2D eigenvalue weighted by atomic mass is 10.1. The highest BCUT2D eigenvalue weighted by molar-refractivity contribution is 7.92. The van der Waals surface area contributed by atoms with Gasteiger partial charge in [0.1, 0.15) is 5.75 Å². The first-order valence-electron chi connectivity index (χ1n) is 11.5. The summed E-state index contributed by atoms with van der Waals surface area (Å²) in [5.74, 6) is 0.356. The zero-order valence-electron chi connectivity index (χ0n) is 19.6. The highest BCUT2D eigenvalue weighted by Gasteiger charge is 2.16. The molecule has 8 nitrogen and oxygen atoms in total. The number of morpholine rings is 1. The third-order valence-electron chi connectivity index (χ3n) is 5.54. The lowest BCUT2D eigenvalue weighted by Gasteiger charge is -2.26. The summed E-state index contributed by atoms with van der Waals surface area (Å²) < 4.78 is 38.8. The number of carbonyl (C=O) groups is 1. The summed E-state index contributed by atoms with van der Waals surface area (Å²) in [4.78, 5) is 15.1. The van der Waals surface area contributed by atoms with Crippen molar-refractivity contribution < 1.29 is 22.7 Å². The molecule has 3 aromatic rings. The molecule has 3 aromatic carbocycles. The quantitative estimate of drug-likeness (QED) is 0.466. The van der Waals surface area contributed by atoms with Gasteiger partial charge in [0, 0.05) is 36.6 Å². The Hall–Kier alpha value is -3.40. The van der Waals surface area contributed by atoms with Crippen LogP contribution in [0.5, 0.6) is 5.75 Å². The molecule has 0 unspecified atom stereocenters. The molecule has 1 amide bonds. The standard InChI is InChI=1S/C26H29N3O5S/c1-2-34-24-10-8-22(9-11-24)28-35(31,32)25-12-6-21(7-13-25)26(30)27-23-5-3-4-20(18-23)19-29-14-16-33-17-15-29/h3-13,18,28H,2,14-17,19H2,1H3,(H,27,30). The molecule has 4 rings (SSSR count). The molecule has 1 aliphatic heterocycles. The lowest BCUT2D eigenvalue weighted by Crippen LogP contribution is -2.35. The van der Waals surface area contributed by atoms with E-state index in [0.29, 0.717) is 29.3 Å². The number of hydrogen-bond acceptors (Lipinski definition) is 6. The van der Waals surface area contributed by atoms with E-state index in [1.165, 1.54) is 24.3 Å². The van der Waals surface area contributed by atoms with Gasteiger partial charge < -0.3 is 14.8 Å². The van der Waals surface area contributed by atoms with Gasteiger partial charge in [-0.1, -0.05) is 12.1 Å². The predicted octanol–water partition coefficient (Wildman–Crippen LogP) is 3.97. The van der Waals surface area contributed by atoms with Crippen LogP contribution in [0.2, 0.25) is 0 Å². The number of hydrogen-bond donors (Lipinski definition) is 2. The number of nitrogens with one attached hydrogen (secondary N) is 2. The minimum atomic E-state index is -3.80. The molecule has 0 spiro atoms. The maximum absolute atomic E-state index is 12.7. The maximum Gasteiger partial charge on any atom is 0.261 e. The summed E-state index contributed by atoms with van der Waals surface area (Å²) in [5.41, 5.74) is 2.58. The highest BCUT2D eigenvalue weighted by atomic mass is 32.2. The number of rotatable bonds is 9. The summed E-state index contributed by atoms with van der Waals surface area (Å²) in [6, 6.07) is 20.2. The van der Waals surface area contributed by atoms with E-state index in [1.54, 1.807) is 24.3 Å². The number of anilines is 2. The predicted molar refractivity (Wildman–Crippen MR) is 135 cm³/mol. The largest absolute Gasteiger partial charge is 0.494 e. The Bertz CT molecular complexity index is 1240. The van der Waals surface area contributed by atoms with Crippen molar-refractivity contribution in [2.45, 2.75) is 18.4 Å². The third kappa shape index (κ3) is 6.82. The van der Waals surface area contributed by atoms with E-state index in [1.807, 2.05) is 31.2 Å². The molecule has 0 saturated carbocycles. The van der Waals surface area contributed by atoms with Gasteiger partial charge in [-0.25, -0.2) is 8.42 Å².